The second-order valence-electron chi connectivity index (χ2n) is 5.72. The number of rotatable bonds is 5. The van der Waals surface area contributed by atoms with Crippen molar-refractivity contribution in [1.82, 2.24) is 15.2 Å². The van der Waals surface area contributed by atoms with E-state index in [0.717, 1.165) is 5.56 Å². The van der Waals surface area contributed by atoms with Gasteiger partial charge in [0.25, 0.3) is 5.22 Å². The number of carbonyl (C=O) groups is 1. The first kappa shape index (κ1) is 17.3. The first-order valence-electron chi connectivity index (χ1n) is 8.30. The van der Waals surface area contributed by atoms with Crippen LogP contribution in [0, 0.1) is 0 Å². The molecule has 1 amide bonds. The molecule has 0 saturated heterocycles. The van der Waals surface area contributed by atoms with Gasteiger partial charge in [0, 0.05) is 24.1 Å². The minimum atomic E-state index is -0.430. The van der Waals surface area contributed by atoms with Crippen molar-refractivity contribution >= 4 is 23.4 Å². The highest BCUT2D eigenvalue weighted by atomic mass is 32.2. The fourth-order valence-corrected chi connectivity index (χ4v) is 3.12. The number of amides is 1. The summed E-state index contributed by atoms with van der Waals surface area (Å²) in [7, 11) is 0. The van der Waals surface area contributed by atoms with Crippen LogP contribution in [0.2, 0.25) is 0 Å². The second-order valence-corrected chi connectivity index (χ2v) is 7.01. The Hall–Kier alpha value is -3.07. The molecule has 0 spiro atoms. The van der Waals surface area contributed by atoms with Crippen LogP contribution in [-0.2, 0) is 4.79 Å². The van der Waals surface area contributed by atoms with Gasteiger partial charge in [0.15, 0.2) is 11.5 Å². The maximum atomic E-state index is 12.5. The number of aromatic nitrogens is 3. The van der Waals surface area contributed by atoms with Crippen molar-refractivity contribution in [2.75, 3.05) is 18.5 Å². The molecule has 1 N–H and O–H groups in total. The third kappa shape index (κ3) is 4.03. The monoisotopic (exact) mass is 384 g/mol. The van der Waals surface area contributed by atoms with Gasteiger partial charge >= 0.3 is 0 Å². The first-order valence-corrected chi connectivity index (χ1v) is 9.18. The van der Waals surface area contributed by atoms with Crippen molar-refractivity contribution in [1.29, 1.82) is 0 Å². The fraction of sp³-hybridized carbons (Fsp3) is 0.222. The zero-order valence-corrected chi connectivity index (χ0v) is 15.2. The standard InChI is InChI=1S/C18H16N4O4S/c1-11(27-18-22-21-17(26-18)12-3-2-6-19-10-12)16(23)20-13-4-5-14-15(9-13)25-8-7-24-14/h2-6,9-11H,7-8H2,1H3,(H,20,23)/t11-/m0/s1. The van der Waals surface area contributed by atoms with E-state index in [-0.39, 0.29) is 5.91 Å². The molecule has 2 aromatic heterocycles. The lowest BCUT2D eigenvalue weighted by molar-refractivity contribution is -0.115. The lowest BCUT2D eigenvalue weighted by atomic mass is 10.2. The summed E-state index contributed by atoms with van der Waals surface area (Å²) < 4.78 is 16.6. The molecule has 0 aliphatic carbocycles. The van der Waals surface area contributed by atoms with E-state index in [1.807, 2.05) is 6.07 Å². The summed E-state index contributed by atoms with van der Waals surface area (Å²) in [6, 6.07) is 8.91. The zero-order valence-electron chi connectivity index (χ0n) is 14.4. The van der Waals surface area contributed by atoms with Gasteiger partial charge < -0.3 is 19.2 Å². The Morgan fingerprint density at radius 2 is 2.04 bits per heavy atom. The first-order chi connectivity index (χ1) is 13.2. The number of benzene rings is 1. The maximum absolute atomic E-state index is 12.5. The molecule has 1 aliphatic heterocycles. The van der Waals surface area contributed by atoms with Crippen molar-refractivity contribution in [3.8, 4) is 23.0 Å². The predicted molar refractivity (Wildman–Crippen MR) is 98.9 cm³/mol. The summed E-state index contributed by atoms with van der Waals surface area (Å²) >= 11 is 1.19. The molecule has 0 unspecified atom stereocenters. The smallest absolute Gasteiger partial charge is 0.277 e. The van der Waals surface area contributed by atoms with E-state index in [1.165, 1.54) is 11.8 Å². The number of fused-ring (bicyclic) bond motifs is 1. The molecule has 27 heavy (non-hydrogen) atoms. The summed E-state index contributed by atoms with van der Waals surface area (Å²) in [5.74, 6) is 1.48. The normalized spacial score (nSPS) is 13.8. The van der Waals surface area contributed by atoms with Gasteiger partial charge in [-0.2, -0.15) is 0 Å². The Labute approximate surface area is 159 Å². The maximum Gasteiger partial charge on any atom is 0.277 e. The topological polar surface area (TPSA) is 99.4 Å². The van der Waals surface area contributed by atoms with Crippen LogP contribution < -0.4 is 14.8 Å². The summed E-state index contributed by atoms with van der Waals surface area (Å²) in [5.41, 5.74) is 1.36. The lowest BCUT2D eigenvalue weighted by Gasteiger charge is -2.19. The largest absolute Gasteiger partial charge is 0.486 e. The number of nitrogens with zero attached hydrogens (tertiary/aromatic N) is 3. The van der Waals surface area contributed by atoms with E-state index in [9.17, 15) is 4.79 Å². The van der Waals surface area contributed by atoms with Crippen LogP contribution in [0.25, 0.3) is 11.5 Å². The Morgan fingerprint density at radius 3 is 2.85 bits per heavy atom. The van der Waals surface area contributed by atoms with E-state index >= 15 is 0 Å². The van der Waals surface area contributed by atoms with Gasteiger partial charge in [0.2, 0.25) is 11.8 Å². The van der Waals surface area contributed by atoms with Crippen LogP contribution in [0.15, 0.2) is 52.4 Å². The van der Waals surface area contributed by atoms with Crippen LogP contribution in [0.4, 0.5) is 5.69 Å². The molecule has 0 bridgehead atoms. The molecule has 3 heterocycles. The van der Waals surface area contributed by atoms with Crippen molar-refractivity contribution in [3.63, 3.8) is 0 Å². The average molecular weight is 384 g/mol. The average Bonchev–Trinajstić information content (AvgIpc) is 3.17. The molecule has 1 aliphatic rings. The van der Waals surface area contributed by atoms with Crippen molar-refractivity contribution < 1.29 is 18.7 Å². The highest BCUT2D eigenvalue weighted by Gasteiger charge is 2.20. The van der Waals surface area contributed by atoms with Crippen molar-refractivity contribution in [3.05, 3.63) is 42.7 Å². The second kappa shape index (κ2) is 7.67. The van der Waals surface area contributed by atoms with E-state index in [0.29, 0.717) is 41.5 Å². The van der Waals surface area contributed by atoms with Crippen molar-refractivity contribution in [2.45, 2.75) is 17.4 Å². The SMILES string of the molecule is C[C@H](Sc1nnc(-c2cccnc2)o1)C(=O)Nc1ccc2c(c1)OCCO2. The minimum Gasteiger partial charge on any atom is -0.486 e. The number of hydrogen-bond donors (Lipinski definition) is 1. The van der Waals surface area contributed by atoms with E-state index in [2.05, 4.69) is 20.5 Å². The number of hydrogen-bond acceptors (Lipinski definition) is 8. The fourth-order valence-electron chi connectivity index (χ4n) is 2.43. The van der Waals surface area contributed by atoms with Gasteiger partial charge in [-0.25, -0.2) is 0 Å². The molecule has 0 fully saturated rings. The van der Waals surface area contributed by atoms with Crippen LogP contribution in [0.1, 0.15) is 6.92 Å². The summed E-state index contributed by atoms with van der Waals surface area (Å²) in [6.07, 6.45) is 3.31. The predicted octanol–water partition coefficient (Wildman–Crippen LogP) is 3.02. The Morgan fingerprint density at radius 1 is 1.19 bits per heavy atom. The number of nitrogens with one attached hydrogen (secondary N) is 1. The van der Waals surface area contributed by atoms with Crippen LogP contribution >= 0.6 is 11.8 Å². The third-order valence-corrected chi connectivity index (χ3v) is 4.71. The number of anilines is 1. The van der Waals surface area contributed by atoms with E-state index in [4.69, 9.17) is 13.9 Å². The van der Waals surface area contributed by atoms with Gasteiger partial charge in [-0.15, -0.1) is 10.2 Å². The van der Waals surface area contributed by atoms with Gasteiger partial charge in [-0.05, 0) is 31.2 Å². The molecule has 4 rings (SSSR count). The highest BCUT2D eigenvalue weighted by Crippen LogP contribution is 2.33. The number of ether oxygens (including phenoxy) is 2. The molecule has 3 aromatic rings. The molecule has 9 heteroatoms. The molecular formula is C18H16N4O4S. The summed E-state index contributed by atoms with van der Waals surface area (Å²) in [4.78, 5) is 16.5. The quantitative estimate of drug-likeness (QED) is 0.670. The minimum absolute atomic E-state index is 0.183. The molecule has 1 atom stereocenters. The van der Waals surface area contributed by atoms with Crippen molar-refractivity contribution in [2.24, 2.45) is 0 Å². The Kier molecular flexibility index (Phi) is 4.93. The van der Waals surface area contributed by atoms with Crippen LogP contribution in [0.5, 0.6) is 11.5 Å². The molecule has 1 aromatic carbocycles. The number of thioether (sulfide) groups is 1. The molecule has 8 nitrogen and oxygen atoms in total. The number of pyridine rings is 1. The molecule has 138 valence electrons. The van der Waals surface area contributed by atoms with Crippen LogP contribution in [0.3, 0.4) is 0 Å². The Balaban J connectivity index is 1.39. The van der Waals surface area contributed by atoms with E-state index in [1.54, 1.807) is 43.6 Å². The van der Waals surface area contributed by atoms with Gasteiger partial charge in [-0.3, -0.25) is 9.78 Å². The lowest BCUT2D eigenvalue weighted by Crippen LogP contribution is -2.22. The Bertz CT molecular complexity index is 948. The van der Waals surface area contributed by atoms with E-state index < -0.39 is 5.25 Å². The van der Waals surface area contributed by atoms with Gasteiger partial charge in [0.1, 0.15) is 13.2 Å². The van der Waals surface area contributed by atoms with Crippen LogP contribution in [-0.4, -0.2) is 39.6 Å². The molecule has 0 radical (unpaired) electrons. The molecular weight excluding hydrogens is 368 g/mol. The summed E-state index contributed by atoms with van der Waals surface area (Å²) in [5, 5.41) is 10.7. The third-order valence-electron chi connectivity index (χ3n) is 3.77. The number of carbonyl (C=O) groups excluding carboxylic acids is 1. The zero-order chi connectivity index (χ0) is 18.6. The van der Waals surface area contributed by atoms with Gasteiger partial charge in [0.05, 0.1) is 10.8 Å². The molecule has 0 saturated carbocycles. The highest BCUT2D eigenvalue weighted by molar-refractivity contribution is 8.00. The van der Waals surface area contributed by atoms with Gasteiger partial charge in [-0.1, -0.05) is 11.8 Å². The summed E-state index contributed by atoms with van der Waals surface area (Å²) in [6.45, 7) is 2.79.